The Morgan fingerprint density at radius 2 is 2.05 bits per heavy atom. The molecule has 5 nitrogen and oxygen atoms in total. The van der Waals surface area contributed by atoms with Gasteiger partial charge in [0.2, 0.25) is 5.91 Å². The van der Waals surface area contributed by atoms with Crippen molar-refractivity contribution in [1.29, 1.82) is 0 Å². The Bertz CT molecular complexity index is 577. The van der Waals surface area contributed by atoms with Crippen molar-refractivity contribution in [1.82, 2.24) is 5.01 Å². The maximum absolute atomic E-state index is 11.9. The molecule has 2 aliphatic rings. The van der Waals surface area contributed by atoms with E-state index in [0.29, 0.717) is 0 Å². The number of aryl methyl sites for hydroxylation is 1. The second-order valence-electron chi connectivity index (χ2n) is 5.09. The standard InChI is InChI=1S/C14H14N2O3/c1-8-2-4-9(5-3-8)13-10-6-11(10)14(19)16(15-13)7-12(17)18/h2-5,10-11H,6-7H2,1H3,(H,17,18)/t10-,11+/m0/s1. The van der Waals surface area contributed by atoms with Crippen LogP contribution in [0, 0.1) is 18.8 Å². The maximum atomic E-state index is 11.9. The molecule has 1 heterocycles. The normalized spacial score (nSPS) is 24.8. The third-order valence-corrected chi connectivity index (χ3v) is 3.57. The number of hydrogen-bond acceptors (Lipinski definition) is 3. The van der Waals surface area contributed by atoms with Crippen molar-refractivity contribution in [2.45, 2.75) is 13.3 Å². The predicted octanol–water partition coefficient (Wildman–Crippen LogP) is 1.26. The lowest BCUT2D eigenvalue weighted by Gasteiger charge is -2.21. The monoisotopic (exact) mass is 258 g/mol. The molecule has 1 aliphatic heterocycles. The van der Waals surface area contributed by atoms with Crippen molar-refractivity contribution in [2.24, 2.45) is 16.9 Å². The molecule has 0 saturated heterocycles. The van der Waals surface area contributed by atoms with Crippen LogP contribution in [0.5, 0.6) is 0 Å². The van der Waals surface area contributed by atoms with Crippen LogP contribution in [0.15, 0.2) is 29.4 Å². The van der Waals surface area contributed by atoms with Gasteiger partial charge in [0.05, 0.1) is 5.71 Å². The van der Waals surface area contributed by atoms with Gasteiger partial charge in [0.1, 0.15) is 6.54 Å². The highest BCUT2D eigenvalue weighted by molar-refractivity contribution is 6.09. The highest BCUT2D eigenvalue weighted by Gasteiger charge is 2.51. The molecule has 1 aromatic carbocycles. The Kier molecular flexibility index (Phi) is 2.62. The zero-order valence-corrected chi connectivity index (χ0v) is 10.5. The van der Waals surface area contributed by atoms with E-state index >= 15 is 0 Å². The topological polar surface area (TPSA) is 70.0 Å². The van der Waals surface area contributed by atoms with Crippen LogP contribution in [-0.2, 0) is 9.59 Å². The number of benzene rings is 1. The van der Waals surface area contributed by atoms with E-state index < -0.39 is 5.97 Å². The van der Waals surface area contributed by atoms with E-state index in [9.17, 15) is 9.59 Å². The van der Waals surface area contributed by atoms with Crippen LogP contribution in [0.2, 0.25) is 0 Å². The Labute approximate surface area is 110 Å². The molecule has 5 heteroatoms. The summed E-state index contributed by atoms with van der Waals surface area (Å²) in [4.78, 5) is 22.6. The van der Waals surface area contributed by atoms with Gasteiger partial charge in [-0.15, -0.1) is 0 Å². The second kappa shape index (κ2) is 4.19. The van der Waals surface area contributed by atoms with E-state index in [4.69, 9.17) is 5.11 Å². The molecule has 1 N–H and O–H groups in total. The molecule has 1 aliphatic carbocycles. The fraction of sp³-hybridized carbons (Fsp3) is 0.357. The van der Waals surface area contributed by atoms with Crippen LogP contribution in [0.4, 0.5) is 0 Å². The van der Waals surface area contributed by atoms with E-state index in [1.165, 1.54) is 0 Å². The van der Waals surface area contributed by atoms with E-state index in [-0.39, 0.29) is 24.3 Å². The summed E-state index contributed by atoms with van der Waals surface area (Å²) in [7, 11) is 0. The predicted molar refractivity (Wildman–Crippen MR) is 68.7 cm³/mol. The summed E-state index contributed by atoms with van der Waals surface area (Å²) < 4.78 is 0. The maximum Gasteiger partial charge on any atom is 0.325 e. The van der Waals surface area contributed by atoms with Crippen molar-refractivity contribution in [3.8, 4) is 0 Å². The lowest BCUT2D eigenvalue weighted by atomic mass is 10.0. The molecule has 0 aromatic heterocycles. The second-order valence-corrected chi connectivity index (χ2v) is 5.09. The van der Waals surface area contributed by atoms with E-state index in [0.717, 1.165) is 28.3 Å². The molecule has 0 unspecified atom stereocenters. The van der Waals surface area contributed by atoms with Crippen LogP contribution < -0.4 is 0 Å². The Hall–Kier alpha value is -2.17. The molecule has 1 aromatic rings. The van der Waals surface area contributed by atoms with Gasteiger partial charge in [0.15, 0.2) is 0 Å². The zero-order valence-electron chi connectivity index (χ0n) is 10.5. The minimum atomic E-state index is -1.04. The number of aliphatic carboxylic acids is 1. The summed E-state index contributed by atoms with van der Waals surface area (Å²) in [6, 6.07) is 7.93. The molecule has 1 saturated carbocycles. The smallest absolute Gasteiger partial charge is 0.325 e. The first kappa shape index (κ1) is 11.9. The number of amides is 1. The van der Waals surface area contributed by atoms with Crippen molar-refractivity contribution in [2.75, 3.05) is 6.54 Å². The van der Waals surface area contributed by atoms with Crippen LogP contribution >= 0.6 is 0 Å². The molecule has 2 atom stereocenters. The minimum Gasteiger partial charge on any atom is -0.480 e. The Balaban J connectivity index is 1.93. The van der Waals surface area contributed by atoms with E-state index in [1.807, 2.05) is 31.2 Å². The average Bonchev–Trinajstić information content (AvgIpc) is 3.14. The molecular weight excluding hydrogens is 244 g/mol. The number of nitrogens with zero attached hydrogens (tertiary/aromatic N) is 2. The first-order valence-corrected chi connectivity index (χ1v) is 6.25. The van der Waals surface area contributed by atoms with Crippen LogP contribution in [0.3, 0.4) is 0 Å². The largest absolute Gasteiger partial charge is 0.480 e. The summed E-state index contributed by atoms with van der Waals surface area (Å²) in [5.74, 6) is -1.11. The van der Waals surface area contributed by atoms with E-state index in [2.05, 4.69) is 5.10 Å². The summed E-state index contributed by atoms with van der Waals surface area (Å²) >= 11 is 0. The first-order chi connectivity index (χ1) is 9.06. The summed E-state index contributed by atoms with van der Waals surface area (Å²) in [5.41, 5.74) is 2.97. The van der Waals surface area contributed by atoms with E-state index in [1.54, 1.807) is 0 Å². The summed E-state index contributed by atoms with van der Waals surface area (Å²) in [6.45, 7) is 1.64. The summed E-state index contributed by atoms with van der Waals surface area (Å²) in [6.07, 6.45) is 0.779. The van der Waals surface area contributed by atoms with Gasteiger partial charge in [-0.2, -0.15) is 5.10 Å². The molecule has 1 fully saturated rings. The van der Waals surface area contributed by atoms with Gasteiger partial charge in [-0.05, 0) is 18.9 Å². The van der Waals surface area contributed by atoms with Crippen LogP contribution in [-0.4, -0.2) is 34.2 Å². The quantitative estimate of drug-likeness (QED) is 0.887. The fourth-order valence-corrected chi connectivity index (χ4v) is 2.45. The third-order valence-electron chi connectivity index (χ3n) is 3.57. The first-order valence-electron chi connectivity index (χ1n) is 6.25. The van der Waals surface area contributed by atoms with Crippen molar-refractivity contribution < 1.29 is 14.7 Å². The Morgan fingerprint density at radius 1 is 1.37 bits per heavy atom. The van der Waals surface area contributed by atoms with Gasteiger partial charge in [0, 0.05) is 11.8 Å². The highest BCUT2D eigenvalue weighted by Crippen LogP contribution is 2.45. The zero-order chi connectivity index (χ0) is 13.6. The molecule has 0 spiro atoms. The molecule has 1 amide bonds. The van der Waals surface area contributed by atoms with Crippen molar-refractivity contribution >= 4 is 17.6 Å². The van der Waals surface area contributed by atoms with Gasteiger partial charge in [-0.25, -0.2) is 5.01 Å². The van der Waals surface area contributed by atoms with Gasteiger partial charge >= 0.3 is 5.97 Å². The number of hydrogen-bond donors (Lipinski definition) is 1. The molecule has 0 radical (unpaired) electrons. The highest BCUT2D eigenvalue weighted by atomic mass is 16.4. The third kappa shape index (κ3) is 2.12. The molecular formula is C14H14N2O3. The minimum absolute atomic E-state index is 0.0758. The number of carboxylic acid groups (broad SMARTS) is 1. The molecule has 0 bridgehead atoms. The number of rotatable bonds is 3. The average molecular weight is 258 g/mol. The number of carbonyl (C=O) groups is 2. The Morgan fingerprint density at radius 3 is 2.68 bits per heavy atom. The van der Waals surface area contributed by atoms with Gasteiger partial charge < -0.3 is 5.11 Å². The lowest BCUT2D eigenvalue weighted by molar-refractivity contribution is -0.145. The van der Waals surface area contributed by atoms with Crippen molar-refractivity contribution in [3.05, 3.63) is 35.4 Å². The SMILES string of the molecule is Cc1ccc(C2=NN(CC(=O)O)C(=O)[C@@H]3C[C@H]23)cc1. The van der Waals surface area contributed by atoms with Crippen LogP contribution in [0.1, 0.15) is 17.5 Å². The molecule has 3 rings (SSSR count). The van der Waals surface area contributed by atoms with Gasteiger partial charge in [0.25, 0.3) is 0 Å². The number of carboxylic acids is 1. The molecule has 98 valence electrons. The number of hydrazone groups is 1. The number of fused-ring (bicyclic) bond motifs is 1. The van der Waals surface area contributed by atoms with Crippen LogP contribution in [0.25, 0.3) is 0 Å². The van der Waals surface area contributed by atoms with Gasteiger partial charge in [-0.3, -0.25) is 9.59 Å². The van der Waals surface area contributed by atoms with Gasteiger partial charge in [-0.1, -0.05) is 29.8 Å². The number of carbonyl (C=O) groups excluding carboxylic acids is 1. The molecule has 19 heavy (non-hydrogen) atoms. The lowest BCUT2D eigenvalue weighted by Crippen LogP contribution is -2.37. The summed E-state index contributed by atoms with van der Waals surface area (Å²) in [5, 5.41) is 14.1. The van der Waals surface area contributed by atoms with Crippen molar-refractivity contribution in [3.63, 3.8) is 0 Å². The fourth-order valence-electron chi connectivity index (χ4n) is 2.45.